The summed E-state index contributed by atoms with van der Waals surface area (Å²) in [6.07, 6.45) is 4.85. The summed E-state index contributed by atoms with van der Waals surface area (Å²) >= 11 is 0. The van der Waals surface area contributed by atoms with Gasteiger partial charge in [-0.15, -0.1) is 0 Å². The molecule has 0 aliphatic heterocycles. The van der Waals surface area contributed by atoms with E-state index in [1.165, 1.54) is 12.1 Å². The molecule has 0 aromatic heterocycles. The van der Waals surface area contributed by atoms with Crippen molar-refractivity contribution in [3.05, 3.63) is 29.6 Å². The summed E-state index contributed by atoms with van der Waals surface area (Å²) in [6.45, 7) is 5.95. The Morgan fingerprint density at radius 3 is 2.71 bits per heavy atom. The molecule has 0 spiro atoms. The highest BCUT2D eigenvalue weighted by Gasteiger charge is 2.12. The van der Waals surface area contributed by atoms with Crippen molar-refractivity contribution >= 4 is 0 Å². The Labute approximate surface area is 127 Å². The van der Waals surface area contributed by atoms with E-state index in [2.05, 4.69) is 19.2 Å². The molecule has 2 N–H and O–H groups in total. The second kappa shape index (κ2) is 10.6. The van der Waals surface area contributed by atoms with Crippen molar-refractivity contribution < 1.29 is 14.2 Å². The highest BCUT2D eigenvalue weighted by Crippen LogP contribution is 2.26. The first kappa shape index (κ1) is 17.9. The molecule has 21 heavy (non-hydrogen) atoms. The number of rotatable bonds is 11. The average Bonchev–Trinajstić information content (AvgIpc) is 2.48. The fraction of sp³-hybridized carbons (Fsp3) is 0.647. The maximum absolute atomic E-state index is 13.4. The first-order valence-electron chi connectivity index (χ1n) is 7.95. The van der Waals surface area contributed by atoms with Crippen LogP contribution in [0.15, 0.2) is 18.2 Å². The second-order valence-electron chi connectivity index (χ2n) is 5.34. The molecule has 3 nitrogen and oxygen atoms in total. The van der Waals surface area contributed by atoms with Gasteiger partial charge in [0.15, 0.2) is 0 Å². The summed E-state index contributed by atoms with van der Waals surface area (Å²) in [7, 11) is 0. The van der Waals surface area contributed by atoms with E-state index in [0.717, 1.165) is 44.2 Å². The average molecular weight is 297 g/mol. The van der Waals surface area contributed by atoms with Gasteiger partial charge < -0.3 is 15.2 Å². The van der Waals surface area contributed by atoms with Gasteiger partial charge in [0, 0.05) is 24.3 Å². The summed E-state index contributed by atoms with van der Waals surface area (Å²) in [6, 6.07) is 4.89. The molecule has 1 atom stereocenters. The lowest BCUT2D eigenvalue weighted by Gasteiger charge is -2.18. The maximum atomic E-state index is 13.4. The van der Waals surface area contributed by atoms with Crippen LogP contribution in [-0.2, 0) is 0 Å². The summed E-state index contributed by atoms with van der Waals surface area (Å²) in [4.78, 5) is 0. The lowest BCUT2D eigenvalue weighted by molar-refractivity contribution is 0.272. The molecule has 0 fully saturated rings. The van der Waals surface area contributed by atoms with Crippen LogP contribution in [0.5, 0.6) is 5.75 Å². The Balaban J connectivity index is 2.52. The zero-order chi connectivity index (χ0) is 15.5. The number of halogens is 1. The molecular formula is C17H28FNO2. The molecule has 1 aromatic carbocycles. The van der Waals surface area contributed by atoms with Gasteiger partial charge in [-0.3, -0.25) is 0 Å². The van der Waals surface area contributed by atoms with Gasteiger partial charge in [0.1, 0.15) is 11.6 Å². The fourth-order valence-corrected chi connectivity index (χ4v) is 2.21. The molecule has 1 aromatic rings. The molecule has 4 heteroatoms. The van der Waals surface area contributed by atoms with E-state index >= 15 is 0 Å². The number of ether oxygens (including phenoxy) is 1. The number of benzene rings is 1. The van der Waals surface area contributed by atoms with Gasteiger partial charge in [0.2, 0.25) is 0 Å². The van der Waals surface area contributed by atoms with Gasteiger partial charge in [-0.2, -0.15) is 0 Å². The molecule has 0 amide bonds. The Morgan fingerprint density at radius 1 is 1.24 bits per heavy atom. The van der Waals surface area contributed by atoms with Gasteiger partial charge >= 0.3 is 0 Å². The van der Waals surface area contributed by atoms with E-state index in [-0.39, 0.29) is 18.5 Å². The second-order valence-corrected chi connectivity index (χ2v) is 5.34. The summed E-state index contributed by atoms with van der Waals surface area (Å²) in [5, 5.41) is 12.1. The molecule has 0 bridgehead atoms. The topological polar surface area (TPSA) is 41.5 Å². The minimum atomic E-state index is -0.267. The monoisotopic (exact) mass is 297 g/mol. The minimum Gasteiger partial charge on any atom is -0.493 e. The molecule has 0 aliphatic rings. The smallest absolute Gasteiger partial charge is 0.126 e. The van der Waals surface area contributed by atoms with E-state index in [4.69, 9.17) is 9.84 Å². The Kier molecular flexibility index (Phi) is 9.02. The molecule has 0 saturated carbocycles. The van der Waals surface area contributed by atoms with E-state index in [0.29, 0.717) is 12.4 Å². The van der Waals surface area contributed by atoms with Crippen LogP contribution in [0.1, 0.15) is 57.6 Å². The lowest BCUT2D eigenvalue weighted by atomic mass is 10.1. The fourth-order valence-electron chi connectivity index (χ4n) is 2.21. The highest BCUT2D eigenvalue weighted by atomic mass is 19.1. The third-order valence-electron chi connectivity index (χ3n) is 3.45. The van der Waals surface area contributed by atoms with Gasteiger partial charge in [0.05, 0.1) is 6.61 Å². The van der Waals surface area contributed by atoms with Crippen molar-refractivity contribution in [2.45, 2.75) is 52.0 Å². The van der Waals surface area contributed by atoms with Gasteiger partial charge in [-0.05, 0) is 45.2 Å². The number of nitrogens with one attached hydrogen (secondary N) is 1. The largest absolute Gasteiger partial charge is 0.493 e. The van der Waals surface area contributed by atoms with Crippen molar-refractivity contribution in [1.82, 2.24) is 5.32 Å². The first-order chi connectivity index (χ1) is 10.2. The number of hydrogen-bond donors (Lipinski definition) is 2. The van der Waals surface area contributed by atoms with Crippen molar-refractivity contribution in [2.24, 2.45) is 0 Å². The Bertz CT molecular complexity index is 398. The summed E-state index contributed by atoms with van der Waals surface area (Å²) < 4.78 is 19.2. The molecule has 120 valence electrons. The van der Waals surface area contributed by atoms with Crippen LogP contribution in [0, 0.1) is 5.82 Å². The number of aliphatic hydroxyl groups excluding tert-OH is 1. The maximum Gasteiger partial charge on any atom is 0.126 e. The van der Waals surface area contributed by atoms with Gasteiger partial charge in [-0.1, -0.05) is 19.4 Å². The van der Waals surface area contributed by atoms with Crippen LogP contribution >= 0.6 is 0 Å². The van der Waals surface area contributed by atoms with Crippen molar-refractivity contribution in [3.8, 4) is 5.75 Å². The molecule has 0 aliphatic carbocycles. The number of aliphatic hydroxyl groups is 1. The van der Waals surface area contributed by atoms with Crippen molar-refractivity contribution in [1.29, 1.82) is 0 Å². The molecule has 0 heterocycles. The minimum absolute atomic E-state index is 0.148. The SMILES string of the molecule is CCCNC(C)c1ccc(F)cc1OCCCCCCO. The van der Waals surface area contributed by atoms with Gasteiger partial charge in [-0.25, -0.2) is 4.39 Å². The Hall–Kier alpha value is -1.13. The van der Waals surface area contributed by atoms with E-state index in [9.17, 15) is 4.39 Å². The summed E-state index contributed by atoms with van der Waals surface area (Å²) in [5.41, 5.74) is 1.00. The molecule has 0 radical (unpaired) electrons. The number of unbranched alkanes of at least 4 members (excludes halogenated alkanes) is 3. The zero-order valence-electron chi connectivity index (χ0n) is 13.2. The van der Waals surface area contributed by atoms with Crippen molar-refractivity contribution in [2.75, 3.05) is 19.8 Å². The molecular weight excluding hydrogens is 269 g/mol. The third kappa shape index (κ3) is 6.91. The van der Waals surface area contributed by atoms with Crippen LogP contribution in [0.3, 0.4) is 0 Å². The lowest BCUT2D eigenvalue weighted by Crippen LogP contribution is -2.20. The predicted octanol–water partition coefficient (Wildman–Crippen LogP) is 3.82. The van der Waals surface area contributed by atoms with Crippen LogP contribution in [0.25, 0.3) is 0 Å². The molecule has 0 saturated heterocycles. The summed E-state index contributed by atoms with van der Waals surface area (Å²) in [5.74, 6) is 0.366. The standard InChI is InChI=1S/C17H28FNO2/c1-3-10-19-14(2)16-9-8-15(18)13-17(16)21-12-7-5-4-6-11-20/h8-9,13-14,19-20H,3-7,10-12H2,1-2H3. The normalized spacial score (nSPS) is 12.4. The third-order valence-corrected chi connectivity index (χ3v) is 3.45. The van der Waals surface area contributed by atoms with E-state index in [1.54, 1.807) is 6.07 Å². The molecule has 1 rings (SSSR count). The van der Waals surface area contributed by atoms with Crippen molar-refractivity contribution in [3.63, 3.8) is 0 Å². The highest BCUT2D eigenvalue weighted by molar-refractivity contribution is 5.36. The van der Waals surface area contributed by atoms with Crippen LogP contribution in [0.2, 0.25) is 0 Å². The van der Waals surface area contributed by atoms with Crippen LogP contribution < -0.4 is 10.1 Å². The molecule has 1 unspecified atom stereocenters. The van der Waals surface area contributed by atoms with Gasteiger partial charge in [0.25, 0.3) is 0 Å². The van der Waals surface area contributed by atoms with Crippen LogP contribution in [0.4, 0.5) is 4.39 Å². The number of hydrogen-bond acceptors (Lipinski definition) is 3. The zero-order valence-corrected chi connectivity index (χ0v) is 13.2. The quantitative estimate of drug-likeness (QED) is 0.610. The predicted molar refractivity (Wildman–Crippen MR) is 84.2 cm³/mol. The first-order valence-corrected chi connectivity index (χ1v) is 7.95. The Morgan fingerprint density at radius 2 is 2.00 bits per heavy atom. The van der Waals surface area contributed by atoms with E-state index < -0.39 is 0 Å². The van der Waals surface area contributed by atoms with Crippen LogP contribution in [-0.4, -0.2) is 24.9 Å². The van der Waals surface area contributed by atoms with E-state index in [1.807, 2.05) is 0 Å².